The van der Waals surface area contributed by atoms with Crippen LogP contribution in [0.1, 0.15) is 25.0 Å². The lowest BCUT2D eigenvalue weighted by molar-refractivity contribution is -0.147. The Bertz CT molecular complexity index is 577. The Morgan fingerprint density at radius 3 is 2.70 bits per heavy atom. The summed E-state index contributed by atoms with van der Waals surface area (Å²) in [4.78, 5) is 15.9. The molecule has 5 heteroatoms. The van der Waals surface area contributed by atoms with E-state index in [4.69, 9.17) is 5.26 Å². The van der Waals surface area contributed by atoms with Crippen LogP contribution in [0.15, 0.2) is 18.2 Å². The van der Waals surface area contributed by atoms with E-state index in [1.54, 1.807) is 24.1 Å². The van der Waals surface area contributed by atoms with Crippen molar-refractivity contribution in [3.63, 3.8) is 0 Å². The van der Waals surface area contributed by atoms with Crippen molar-refractivity contribution in [3.05, 3.63) is 35.1 Å². The predicted molar refractivity (Wildman–Crippen MR) is 73.2 cm³/mol. The van der Waals surface area contributed by atoms with Crippen LogP contribution in [0, 0.1) is 17.1 Å². The van der Waals surface area contributed by atoms with E-state index in [9.17, 15) is 9.18 Å². The molecule has 0 aromatic heterocycles. The third-order valence-corrected chi connectivity index (χ3v) is 3.91. The van der Waals surface area contributed by atoms with Gasteiger partial charge in [-0.2, -0.15) is 5.26 Å². The third-order valence-electron chi connectivity index (χ3n) is 3.91. The molecule has 0 N–H and O–H groups in total. The van der Waals surface area contributed by atoms with Crippen molar-refractivity contribution in [2.45, 2.75) is 25.9 Å². The van der Waals surface area contributed by atoms with E-state index in [0.717, 1.165) is 0 Å². The minimum absolute atomic E-state index is 0.0396. The monoisotopic (exact) mass is 275 g/mol. The Kier molecular flexibility index (Phi) is 3.78. The zero-order valence-corrected chi connectivity index (χ0v) is 12.0. The summed E-state index contributed by atoms with van der Waals surface area (Å²) >= 11 is 0. The summed E-state index contributed by atoms with van der Waals surface area (Å²) in [6, 6.07) is 6.37. The molecule has 106 valence electrons. The number of hydrogen-bond donors (Lipinski definition) is 0. The molecule has 1 heterocycles. The Morgan fingerprint density at radius 2 is 2.10 bits per heavy atom. The number of benzene rings is 1. The lowest BCUT2D eigenvalue weighted by Gasteiger charge is -2.44. The van der Waals surface area contributed by atoms with E-state index in [-0.39, 0.29) is 5.91 Å². The summed E-state index contributed by atoms with van der Waals surface area (Å²) in [6.07, 6.45) is 0. The lowest BCUT2D eigenvalue weighted by atomic mass is 9.96. The molecule has 1 fully saturated rings. The van der Waals surface area contributed by atoms with E-state index in [1.807, 2.05) is 24.8 Å². The molecule has 0 aliphatic carbocycles. The Balaban J connectivity index is 2.22. The highest BCUT2D eigenvalue weighted by Crippen LogP contribution is 2.24. The maximum Gasteiger partial charge on any atom is 0.242 e. The molecule has 2 rings (SSSR count). The van der Waals surface area contributed by atoms with Gasteiger partial charge in [0.15, 0.2) is 0 Å². The molecule has 0 radical (unpaired) electrons. The van der Waals surface area contributed by atoms with Gasteiger partial charge in [-0.25, -0.2) is 4.39 Å². The van der Waals surface area contributed by atoms with Crippen molar-refractivity contribution in [2.75, 3.05) is 20.1 Å². The van der Waals surface area contributed by atoms with Crippen molar-refractivity contribution < 1.29 is 9.18 Å². The van der Waals surface area contributed by atoms with Gasteiger partial charge >= 0.3 is 0 Å². The molecule has 1 aromatic carbocycles. The van der Waals surface area contributed by atoms with Crippen molar-refractivity contribution in [3.8, 4) is 6.07 Å². The van der Waals surface area contributed by atoms with Crippen molar-refractivity contribution in [1.29, 1.82) is 5.26 Å². The molecule has 4 nitrogen and oxygen atoms in total. The molecule has 1 aliphatic heterocycles. The maximum atomic E-state index is 13.9. The highest BCUT2D eigenvalue weighted by Gasteiger charge is 2.40. The van der Waals surface area contributed by atoms with Gasteiger partial charge in [-0.15, -0.1) is 0 Å². The van der Waals surface area contributed by atoms with Crippen LogP contribution in [0.25, 0.3) is 0 Å². The fraction of sp³-hybridized carbons (Fsp3) is 0.467. The molecule has 0 unspecified atom stereocenters. The second-order valence-corrected chi connectivity index (χ2v) is 5.63. The molecule has 1 amide bonds. The lowest BCUT2D eigenvalue weighted by Crippen LogP contribution is -2.61. The van der Waals surface area contributed by atoms with E-state index >= 15 is 0 Å². The van der Waals surface area contributed by atoms with Gasteiger partial charge in [-0.05, 0) is 26.0 Å². The molecule has 1 aliphatic rings. The summed E-state index contributed by atoms with van der Waals surface area (Å²) in [5.74, 6) is -0.357. The summed E-state index contributed by atoms with van der Waals surface area (Å²) in [5, 5.41) is 8.74. The molecule has 1 saturated heterocycles. The predicted octanol–water partition coefficient (Wildman–Crippen LogP) is 1.75. The van der Waals surface area contributed by atoms with Gasteiger partial charge in [-0.1, -0.05) is 6.07 Å². The Hall–Kier alpha value is -1.93. The fourth-order valence-electron chi connectivity index (χ4n) is 2.48. The van der Waals surface area contributed by atoms with Gasteiger partial charge in [0, 0.05) is 32.2 Å². The van der Waals surface area contributed by atoms with Gasteiger partial charge in [-0.3, -0.25) is 9.69 Å². The van der Waals surface area contributed by atoms with Gasteiger partial charge in [0.05, 0.1) is 17.2 Å². The van der Waals surface area contributed by atoms with Crippen LogP contribution in [-0.4, -0.2) is 41.4 Å². The second-order valence-electron chi connectivity index (χ2n) is 5.63. The van der Waals surface area contributed by atoms with E-state index in [2.05, 4.69) is 0 Å². The van der Waals surface area contributed by atoms with E-state index in [0.29, 0.717) is 30.8 Å². The zero-order valence-electron chi connectivity index (χ0n) is 12.0. The SMILES string of the molecule is CN1CCN(Cc2ccc(C#N)cc2F)C(C)(C)C1=O. The fourth-order valence-corrected chi connectivity index (χ4v) is 2.48. The minimum atomic E-state index is -0.645. The number of nitriles is 1. The molecular weight excluding hydrogens is 257 g/mol. The number of halogens is 1. The molecule has 1 aromatic rings. The van der Waals surface area contributed by atoms with E-state index < -0.39 is 11.4 Å². The number of rotatable bonds is 2. The maximum absolute atomic E-state index is 13.9. The average molecular weight is 275 g/mol. The van der Waals surface area contributed by atoms with Crippen molar-refractivity contribution in [1.82, 2.24) is 9.80 Å². The van der Waals surface area contributed by atoms with Crippen LogP contribution in [0.2, 0.25) is 0 Å². The Labute approximate surface area is 118 Å². The van der Waals surface area contributed by atoms with Crippen LogP contribution in [0.4, 0.5) is 4.39 Å². The van der Waals surface area contributed by atoms with Gasteiger partial charge in [0.1, 0.15) is 5.82 Å². The number of amides is 1. The molecule has 0 bridgehead atoms. The molecule has 0 spiro atoms. The number of carbonyl (C=O) groups is 1. The van der Waals surface area contributed by atoms with Crippen LogP contribution < -0.4 is 0 Å². The Morgan fingerprint density at radius 1 is 1.40 bits per heavy atom. The molecular formula is C15H18FN3O. The standard InChI is InChI=1S/C15H18FN3O/c1-15(2)14(20)18(3)6-7-19(15)10-12-5-4-11(9-17)8-13(12)16/h4-5,8H,6-7,10H2,1-3H3. The normalized spacial score (nSPS) is 18.9. The van der Waals surface area contributed by atoms with Crippen LogP contribution in [0.3, 0.4) is 0 Å². The van der Waals surface area contributed by atoms with Crippen LogP contribution in [-0.2, 0) is 11.3 Å². The largest absolute Gasteiger partial charge is 0.343 e. The van der Waals surface area contributed by atoms with Gasteiger partial charge in [0.2, 0.25) is 5.91 Å². The zero-order chi connectivity index (χ0) is 14.9. The number of carbonyl (C=O) groups excluding carboxylic acids is 1. The summed E-state index contributed by atoms with van der Waals surface area (Å²) < 4.78 is 13.9. The third kappa shape index (κ3) is 2.52. The minimum Gasteiger partial charge on any atom is -0.343 e. The van der Waals surface area contributed by atoms with E-state index in [1.165, 1.54) is 6.07 Å². The highest BCUT2D eigenvalue weighted by atomic mass is 19.1. The number of nitrogens with zero attached hydrogens (tertiary/aromatic N) is 3. The first-order chi connectivity index (χ1) is 9.36. The number of likely N-dealkylation sites (N-methyl/N-ethyl adjacent to an activating group) is 1. The molecule has 0 saturated carbocycles. The first kappa shape index (κ1) is 14.5. The highest BCUT2D eigenvalue weighted by molar-refractivity contribution is 5.86. The molecule has 20 heavy (non-hydrogen) atoms. The topological polar surface area (TPSA) is 47.3 Å². The molecule has 0 atom stereocenters. The quantitative estimate of drug-likeness (QED) is 0.826. The first-order valence-corrected chi connectivity index (χ1v) is 6.55. The second kappa shape index (κ2) is 5.22. The van der Waals surface area contributed by atoms with Gasteiger partial charge in [0.25, 0.3) is 0 Å². The smallest absolute Gasteiger partial charge is 0.242 e. The summed E-state index contributed by atoms with van der Waals surface area (Å²) in [6.45, 7) is 5.41. The van der Waals surface area contributed by atoms with Gasteiger partial charge < -0.3 is 4.90 Å². The van der Waals surface area contributed by atoms with Crippen LogP contribution in [0.5, 0.6) is 0 Å². The number of hydrogen-bond acceptors (Lipinski definition) is 3. The van der Waals surface area contributed by atoms with Crippen molar-refractivity contribution >= 4 is 5.91 Å². The summed E-state index contributed by atoms with van der Waals surface area (Å²) in [5.41, 5.74) is 0.169. The van der Waals surface area contributed by atoms with Crippen molar-refractivity contribution in [2.24, 2.45) is 0 Å². The van der Waals surface area contributed by atoms with Crippen LogP contribution >= 0.6 is 0 Å². The average Bonchev–Trinajstić information content (AvgIpc) is 2.41. The summed E-state index contributed by atoms with van der Waals surface area (Å²) in [7, 11) is 1.78. The number of piperazine rings is 1. The first-order valence-electron chi connectivity index (χ1n) is 6.55.